The van der Waals surface area contributed by atoms with Crippen LogP contribution >= 0.6 is 0 Å². The summed E-state index contributed by atoms with van der Waals surface area (Å²) in [6.45, 7) is 5.24. The van der Waals surface area contributed by atoms with E-state index in [9.17, 15) is 0 Å². The summed E-state index contributed by atoms with van der Waals surface area (Å²) in [5.41, 5.74) is 3.21. The van der Waals surface area contributed by atoms with Crippen molar-refractivity contribution in [1.82, 2.24) is 5.32 Å². The van der Waals surface area contributed by atoms with Gasteiger partial charge in [0, 0.05) is 0 Å². The smallest absolute Gasteiger partial charge is 0.121 e. The number of hydrogen-bond donors (Lipinski definition) is 1. The summed E-state index contributed by atoms with van der Waals surface area (Å²) in [6, 6.07) is 19.2. The van der Waals surface area contributed by atoms with Gasteiger partial charge in [0.2, 0.25) is 0 Å². The van der Waals surface area contributed by atoms with Gasteiger partial charge in [-0.05, 0) is 50.6 Å². The molecule has 2 aromatic rings. The molecule has 0 saturated carbocycles. The lowest BCUT2D eigenvalue weighted by atomic mass is 9.82. The monoisotopic (exact) mass is 281 g/mol. The highest BCUT2D eigenvalue weighted by Gasteiger charge is 2.49. The molecule has 1 unspecified atom stereocenters. The van der Waals surface area contributed by atoms with Crippen molar-refractivity contribution >= 4 is 0 Å². The van der Waals surface area contributed by atoms with Gasteiger partial charge in [-0.15, -0.1) is 0 Å². The minimum atomic E-state index is -0.357. The van der Waals surface area contributed by atoms with Crippen LogP contribution in [0.25, 0.3) is 0 Å². The van der Waals surface area contributed by atoms with E-state index >= 15 is 0 Å². The summed E-state index contributed by atoms with van der Waals surface area (Å²) in [5, 5.41) is 3.27. The molecular formula is C19H23NO. The van der Waals surface area contributed by atoms with Crippen molar-refractivity contribution in [2.24, 2.45) is 0 Å². The lowest BCUT2D eigenvalue weighted by Crippen LogP contribution is -2.33. The van der Waals surface area contributed by atoms with Crippen molar-refractivity contribution in [2.45, 2.75) is 31.5 Å². The van der Waals surface area contributed by atoms with Crippen molar-refractivity contribution in [1.29, 1.82) is 0 Å². The molecule has 0 spiro atoms. The minimum Gasteiger partial charge on any atom is -0.355 e. The summed E-state index contributed by atoms with van der Waals surface area (Å²) < 4.78 is 6.66. The van der Waals surface area contributed by atoms with Crippen LogP contribution in [-0.4, -0.2) is 13.6 Å². The number of rotatable bonds is 4. The molecule has 0 amide bonds. The van der Waals surface area contributed by atoms with Gasteiger partial charge in [-0.25, -0.2) is 0 Å². The van der Waals surface area contributed by atoms with E-state index in [-0.39, 0.29) is 11.2 Å². The molecule has 1 aliphatic heterocycles. The van der Waals surface area contributed by atoms with Crippen LogP contribution in [0.3, 0.4) is 0 Å². The zero-order chi connectivity index (χ0) is 14.9. The maximum Gasteiger partial charge on any atom is 0.121 e. The molecule has 1 aliphatic rings. The van der Waals surface area contributed by atoms with Gasteiger partial charge in [0.1, 0.15) is 5.60 Å². The SMILES string of the molecule is CNCCC1(c2ccccc2)OC(C)(C)c2ccccc21. The number of hydrogen-bond acceptors (Lipinski definition) is 2. The van der Waals surface area contributed by atoms with Crippen LogP contribution in [0.1, 0.15) is 37.0 Å². The van der Waals surface area contributed by atoms with Crippen molar-refractivity contribution in [2.75, 3.05) is 13.6 Å². The molecule has 3 rings (SSSR count). The van der Waals surface area contributed by atoms with Gasteiger partial charge in [-0.3, -0.25) is 0 Å². The Morgan fingerprint density at radius 1 is 0.905 bits per heavy atom. The fraction of sp³-hybridized carbons (Fsp3) is 0.368. The Hall–Kier alpha value is -1.64. The van der Waals surface area contributed by atoms with Gasteiger partial charge >= 0.3 is 0 Å². The van der Waals surface area contributed by atoms with Crippen LogP contribution in [0.5, 0.6) is 0 Å². The quantitative estimate of drug-likeness (QED) is 0.920. The fourth-order valence-electron chi connectivity index (χ4n) is 3.46. The summed E-state index contributed by atoms with van der Waals surface area (Å²) in [6.07, 6.45) is 0.925. The minimum absolute atomic E-state index is 0.264. The molecule has 110 valence electrons. The Bertz CT molecular complexity index is 620. The summed E-state index contributed by atoms with van der Waals surface area (Å²) in [4.78, 5) is 0. The van der Waals surface area contributed by atoms with Crippen molar-refractivity contribution in [3.05, 3.63) is 71.3 Å². The van der Waals surface area contributed by atoms with E-state index < -0.39 is 0 Å². The molecule has 0 aromatic heterocycles. The zero-order valence-corrected chi connectivity index (χ0v) is 13.0. The van der Waals surface area contributed by atoms with Crippen LogP contribution < -0.4 is 5.32 Å². The van der Waals surface area contributed by atoms with Crippen LogP contribution in [0.15, 0.2) is 54.6 Å². The molecule has 1 atom stereocenters. The first-order chi connectivity index (χ1) is 10.1. The topological polar surface area (TPSA) is 21.3 Å². The molecule has 2 nitrogen and oxygen atoms in total. The highest BCUT2D eigenvalue weighted by atomic mass is 16.5. The number of benzene rings is 2. The molecule has 0 saturated heterocycles. The second-order valence-electron chi connectivity index (χ2n) is 6.20. The third kappa shape index (κ3) is 2.29. The van der Waals surface area contributed by atoms with Gasteiger partial charge in [-0.2, -0.15) is 0 Å². The van der Waals surface area contributed by atoms with Crippen LogP contribution in [0.4, 0.5) is 0 Å². The molecule has 1 heterocycles. The molecule has 0 bridgehead atoms. The maximum atomic E-state index is 6.66. The summed E-state index contributed by atoms with van der Waals surface area (Å²) >= 11 is 0. The van der Waals surface area contributed by atoms with Crippen LogP contribution in [0.2, 0.25) is 0 Å². The molecule has 0 radical (unpaired) electrons. The third-order valence-corrected chi connectivity index (χ3v) is 4.41. The molecular weight excluding hydrogens is 258 g/mol. The third-order valence-electron chi connectivity index (χ3n) is 4.41. The average molecular weight is 281 g/mol. The number of fused-ring (bicyclic) bond motifs is 1. The average Bonchev–Trinajstić information content (AvgIpc) is 2.75. The molecule has 0 fully saturated rings. The molecule has 2 aromatic carbocycles. The Morgan fingerprint density at radius 3 is 2.19 bits per heavy atom. The van der Waals surface area contributed by atoms with E-state index in [0.717, 1.165) is 13.0 Å². The van der Waals surface area contributed by atoms with E-state index in [2.05, 4.69) is 73.8 Å². The largest absolute Gasteiger partial charge is 0.355 e. The Kier molecular flexibility index (Phi) is 3.60. The zero-order valence-electron chi connectivity index (χ0n) is 13.0. The standard InChI is InChI=1S/C19H23NO/c1-18(2)16-11-7-8-12-17(16)19(21-18,13-14-20-3)15-9-5-4-6-10-15/h4-12,20H,13-14H2,1-3H3. The highest BCUT2D eigenvalue weighted by molar-refractivity contribution is 5.47. The van der Waals surface area contributed by atoms with Crippen molar-refractivity contribution < 1.29 is 4.74 Å². The first kappa shape index (κ1) is 14.3. The fourth-order valence-corrected chi connectivity index (χ4v) is 3.46. The van der Waals surface area contributed by atoms with Crippen LogP contribution in [-0.2, 0) is 15.9 Å². The normalized spacial score (nSPS) is 23.0. The second-order valence-corrected chi connectivity index (χ2v) is 6.20. The van der Waals surface area contributed by atoms with E-state index in [0.29, 0.717) is 0 Å². The van der Waals surface area contributed by atoms with Crippen molar-refractivity contribution in [3.63, 3.8) is 0 Å². The van der Waals surface area contributed by atoms with Gasteiger partial charge in [-0.1, -0.05) is 54.6 Å². The number of ether oxygens (including phenoxy) is 1. The van der Waals surface area contributed by atoms with E-state index in [4.69, 9.17) is 4.74 Å². The number of nitrogens with one attached hydrogen (secondary N) is 1. The second kappa shape index (κ2) is 5.28. The molecule has 1 N–H and O–H groups in total. The lowest BCUT2D eigenvalue weighted by molar-refractivity contribution is -0.106. The Morgan fingerprint density at radius 2 is 1.52 bits per heavy atom. The summed E-state index contributed by atoms with van der Waals surface area (Å²) in [7, 11) is 1.99. The van der Waals surface area contributed by atoms with E-state index in [1.807, 2.05) is 7.05 Å². The van der Waals surface area contributed by atoms with Gasteiger partial charge < -0.3 is 10.1 Å². The van der Waals surface area contributed by atoms with Crippen molar-refractivity contribution in [3.8, 4) is 0 Å². The first-order valence-corrected chi connectivity index (χ1v) is 7.60. The lowest BCUT2D eigenvalue weighted by Gasteiger charge is -2.33. The molecule has 0 aliphatic carbocycles. The van der Waals surface area contributed by atoms with Gasteiger partial charge in [0.25, 0.3) is 0 Å². The van der Waals surface area contributed by atoms with Gasteiger partial charge in [0.15, 0.2) is 0 Å². The Balaban J connectivity index is 2.18. The molecule has 21 heavy (non-hydrogen) atoms. The Labute approximate surface area is 127 Å². The summed E-state index contributed by atoms with van der Waals surface area (Å²) in [5.74, 6) is 0. The predicted octanol–water partition coefficient (Wildman–Crippen LogP) is 3.81. The van der Waals surface area contributed by atoms with E-state index in [1.54, 1.807) is 0 Å². The molecule has 2 heteroatoms. The predicted molar refractivity (Wildman–Crippen MR) is 86.3 cm³/mol. The van der Waals surface area contributed by atoms with Crippen LogP contribution in [0, 0.1) is 0 Å². The van der Waals surface area contributed by atoms with E-state index in [1.165, 1.54) is 16.7 Å². The highest BCUT2D eigenvalue weighted by Crippen LogP contribution is 2.51. The first-order valence-electron chi connectivity index (χ1n) is 7.60. The maximum absolute atomic E-state index is 6.66. The van der Waals surface area contributed by atoms with Gasteiger partial charge in [0.05, 0.1) is 5.60 Å².